The molecule has 0 saturated carbocycles. The molecule has 3 N–H and O–H groups in total. The number of hydrogen-bond donors (Lipinski definition) is 2. The molecule has 0 bridgehead atoms. The Kier molecular flexibility index (Phi) is 6.58. The minimum Gasteiger partial charge on any atom is -0.368 e. The van der Waals surface area contributed by atoms with Gasteiger partial charge in [0, 0.05) is 19.0 Å². The number of nitrogens with zero attached hydrogens (tertiary/aromatic N) is 1. The Labute approximate surface area is 120 Å². The molecule has 0 radical (unpaired) electrons. The van der Waals surface area contributed by atoms with Gasteiger partial charge in [-0.2, -0.15) is 0 Å². The molecule has 2 unspecified atom stereocenters. The Bertz CT molecular complexity index is 319. The van der Waals surface area contributed by atoms with Crippen LogP contribution in [0.4, 0.5) is 0 Å². The van der Waals surface area contributed by atoms with Crippen LogP contribution in [-0.4, -0.2) is 41.9 Å². The number of nitrogens with two attached hydrogens (primary N) is 1. The van der Waals surface area contributed by atoms with Gasteiger partial charge < -0.3 is 16.0 Å². The summed E-state index contributed by atoms with van der Waals surface area (Å²) in [4.78, 5) is 25.2. The molecule has 2 atom stereocenters. The molecule has 2 fully saturated rings. The minimum atomic E-state index is -0.372. The van der Waals surface area contributed by atoms with E-state index in [0.717, 1.165) is 38.6 Å². The summed E-state index contributed by atoms with van der Waals surface area (Å²) < 4.78 is 0. The van der Waals surface area contributed by atoms with Crippen LogP contribution in [0.3, 0.4) is 0 Å². The van der Waals surface area contributed by atoms with E-state index in [1.54, 1.807) is 4.90 Å². The Morgan fingerprint density at radius 3 is 2.63 bits per heavy atom. The van der Waals surface area contributed by atoms with Crippen LogP contribution in [0.5, 0.6) is 0 Å². The van der Waals surface area contributed by atoms with E-state index in [2.05, 4.69) is 5.32 Å². The van der Waals surface area contributed by atoms with E-state index in [-0.39, 0.29) is 30.3 Å². The summed E-state index contributed by atoms with van der Waals surface area (Å²) in [6, 6.07) is 0.105. The molecule has 110 valence electrons. The van der Waals surface area contributed by atoms with Gasteiger partial charge in [-0.25, -0.2) is 0 Å². The smallest absolute Gasteiger partial charge is 0.240 e. The van der Waals surface area contributed by atoms with Gasteiger partial charge in [0.05, 0.1) is 0 Å². The number of piperidine rings is 1. The molecule has 6 heteroatoms. The molecule has 0 aliphatic carbocycles. The predicted molar refractivity (Wildman–Crippen MR) is 76.1 cm³/mol. The topological polar surface area (TPSA) is 75.4 Å². The quantitative estimate of drug-likeness (QED) is 0.804. The van der Waals surface area contributed by atoms with E-state index in [0.29, 0.717) is 19.0 Å². The highest BCUT2D eigenvalue weighted by molar-refractivity contribution is 5.86. The van der Waals surface area contributed by atoms with Crippen molar-refractivity contribution in [3.63, 3.8) is 0 Å². The van der Waals surface area contributed by atoms with Crippen molar-refractivity contribution < 1.29 is 9.59 Å². The SMILES string of the molecule is Cl.NC(=O)C1CCCCN1C(=O)CCC1CCCN1. The van der Waals surface area contributed by atoms with Gasteiger partial charge in [-0.15, -0.1) is 12.4 Å². The van der Waals surface area contributed by atoms with Crippen molar-refractivity contribution in [2.75, 3.05) is 13.1 Å². The van der Waals surface area contributed by atoms with E-state index < -0.39 is 0 Å². The molecule has 2 saturated heterocycles. The van der Waals surface area contributed by atoms with Crippen LogP contribution < -0.4 is 11.1 Å². The van der Waals surface area contributed by atoms with E-state index >= 15 is 0 Å². The van der Waals surface area contributed by atoms with Crippen molar-refractivity contribution >= 4 is 24.2 Å². The summed E-state index contributed by atoms with van der Waals surface area (Å²) in [7, 11) is 0. The Morgan fingerprint density at radius 2 is 2.00 bits per heavy atom. The standard InChI is InChI=1S/C13H23N3O2.ClH/c14-13(18)11-5-1-2-9-16(11)12(17)7-6-10-4-3-8-15-10;/h10-11,15H,1-9H2,(H2,14,18);1H. The number of halogens is 1. The van der Waals surface area contributed by atoms with Crippen LogP contribution in [0.2, 0.25) is 0 Å². The lowest BCUT2D eigenvalue weighted by Gasteiger charge is -2.34. The fourth-order valence-corrected chi connectivity index (χ4v) is 2.97. The Hall–Kier alpha value is -0.810. The molecule has 0 aromatic carbocycles. The van der Waals surface area contributed by atoms with E-state index in [1.165, 1.54) is 6.42 Å². The van der Waals surface area contributed by atoms with Crippen LogP contribution in [0, 0.1) is 0 Å². The number of carbonyl (C=O) groups excluding carboxylic acids is 2. The molecule has 2 aliphatic heterocycles. The second kappa shape index (κ2) is 7.70. The lowest BCUT2D eigenvalue weighted by molar-refractivity contribution is -0.141. The highest BCUT2D eigenvalue weighted by Gasteiger charge is 2.30. The maximum Gasteiger partial charge on any atom is 0.240 e. The second-order valence-electron chi connectivity index (χ2n) is 5.33. The minimum absolute atomic E-state index is 0. The second-order valence-corrected chi connectivity index (χ2v) is 5.33. The first-order chi connectivity index (χ1) is 8.68. The van der Waals surface area contributed by atoms with Crippen molar-refractivity contribution in [3.8, 4) is 0 Å². The molecule has 2 amide bonds. The van der Waals surface area contributed by atoms with Crippen molar-refractivity contribution in [2.45, 2.75) is 57.0 Å². The summed E-state index contributed by atoms with van der Waals surface area (Å²) in [6.45, 7) is 1.75. The number of amides is 2. The van der Waals surface area contributed by atoms with Gasteiger partial charge in [-0.1, -0.05) is 0 Å². The van der Waals surface area contributed by atoms with Crippen LogP contribution in [0.25, 0.3) is 0 Å². The third kappa shape index (κ3) is 4.35. The number of hydrogen-bond acceptors (Lipinski definition) is 3. The zero-order valence-electron chi connectivity index (χ0n) is 11.3. The van der Waals surface area contributed by atoms with E-state index in [1.807, 2.05) is 0 Å². The van der Waals surface area contributed by atoms with Gasteiger partial charge in [0.1, 0.15) is 6.04 Å². The largest absolute Gasteiger partial charge is 0.368 e. The van der Waals surface area contributed by atoms with Gasteiger partial charge in [-0.3, -0.25) is 9.59 Å². The third-order valence-corrected chi connectivity index (χ3v) is 4.02. The molecule has 19 heavy (non-hydrogen) atoms. The summed E-state index contributed by atoms with van der Waals surface area (Å²) >= 11 is 0. The van der Waals surface area contributed by atoms with Crippen LogP contribution in [-0.2, 0) is 9.59 Å². The molecular weight excluding hydrogens is 266 g/mol. The number of carbonyl (C=O) groups is 2. The predicted octanol–water partition coefficient (Wildman–Crippen LogP) is 0.807. The molecule has 0 spiro atoms. The average molecular weight is 290 g/mol. The van der Waals surface area contributed by atoms with Crippen molar-refractivity contribution in [1.29, 1.82) is 0 Å². The maximum absolute atomic E-state index is 12.2. The lowest BCUT2D eigenvalue weighted by Crippen LogP contribution is -2.50. The normalized spacial score (nSPS) is 26.8. The van der Waals surface area contributed by atoms with E-state index in [4.69, 9.17) is 5.73 Å². The fraction of sp³-hybridized carbons (Fsp3) is 0.846. The summed E-state index contributed by atoms with van der Waals surface area (Å²) in [5.74, 6) is -0.269. The third-order valence-electron chi connectivity index (χ3n) is 4.02. The average Bonchev–Trinajstić information content (AvgIpc) is 2.89. The molecule has 2 aliphatic rings. The van der Waals surface area contributed by atoms with Gasteiger partial charge in [-0.05, 0) is 45.1 Å². The fourth-order valence-electron chi connectivity index (χ4n) is 2.97. The van der Waals surface area contributed by atoms with Crippen molar-refractivity contribution in [3.05, 3.63) is 0 Å². The van der Waals surface area contributed by atoms with Gasteiger partial charge in [0.25, 0.3) is 0 Å². The molecule has 2 heterocycles. The first kappa shape index (κ1) is 16.2. The highest BCUT2D eigenvalue weighted by Crippen LogP contribution is 2.19. The molecule has 2 rings (SSSR count). The van der Waals surface area contributed by atoms with Gasteiger partial charge >= 0.3 is 0 Å². The monoisotopic (exact) mass is 289 g/mol. The zero-order chi connectivity index (χ0) is 13.0. The van der Waals surface area contributed by atoms with Crippen LogP contribution >= 0.6 is 12.4 Å². The summed E-state index contributed by atoms with van der Waals surface area (Å²) in [5, 5.41) is 3.39. The number of nitrogens with one attached hydrogen (secondary N) is 1. The van der Waals surface area contributed by atoms with Crippen LogP contribution in [0.1, 0.15) is 44.9 Å². The van der Waals surface area contributed by atoms with Gasteiger partial charge in [0.2, 0.25) is 11.8 Å². The Balaban J connectivity index is 0.00000180. The van der Waals surface area contributed by atoms with Crippen molar-refractivity contribution in [2.24, 2.45) is 5.73 Å². The van der Waals surface area contributed by atoms with E-state index in [9.17, 15) is 9.59 Å². The Morgan fingerprint density at radius 1 is 1.21 bits per heavy atom. The number of primary amides is 1. The first-order valence-corrected chi connectivity index (χ1v) is 7.00. The number of rotatable bonds is 4. The first-order valence-electron chi connectivity index (χ1n) is 7.00. The number of likely N-dealkylation sites (tertiary alicyclic amines) is 1. The lowest BCUT2D eigenvalue weighted by atomic mass is 10.00. The van der Waals surface area contributed by atoms with Crippen LogP contribution in [0.15, 0.2) is 0 Å². The molecule has 0 aromatic rings. The summed E-state index contributed by atoms with van der Waals surface area (Å²) in [5.41, 5.74) is 5.37. The highest BCUT2D eigenvalue weighted by atomic mass is 35.5. The van der Waals surface area contributed by atoms with Crippen molar-refractivity contribution in [1.82, 2.24) is 10.2 Å². The summed E-state index contributed by atoms with van der Waals surface area (Å²) in [6.07, 6.45) is 6.46. The molecular formula is C13H24ClN3O2. The van der Waals surface area contributed by atoms with Gasteiger partial charge in [0.15, 0.2) is 0 Å². The molecule has 0 aromatic heterocycles. The molecule has 5 nitrogen and oxygen atoms in total. The maximum atomic E-state index is 12.2. The zero-order valence-corrected chi connectivity index (χ0v) is 12.1.